The Morgan fingerprint density at radius 3 is 2.23 bits per heavy atom. The van der Waals surface area contributed by atoms with Gasteiger partial charge in [0.15, 0.2) is 0 Å². The van der Waals surface area contributed by atoms with Gasteiger partial charge in [-0.2, -0.15) is 0 Å². The van der Waals surface area contributed by atoms with Crippen molar-refractivity contribution >= 4 is 46.6 Å². The van der Waals surface area contributed by atoms with Crippen molar-refractivity contribution in [2.24, 2.45) is 0 Å². The van der Waals surface area contributed by atoms with Gasteiger partial charge in [0.25, 0.3) is 5.91 Å². The van der Waals surface area contributed by atoms with Crippen LogP contribution >= 0.6 is 23.4 Å². The van der Waals surface area contributed by atoms with E-state index in [1.807, 2.05) is 63.2 Å². The molecule has 3 aromatic carbocycles. The summed E-state index contributed by atoms with van der Waals surface area (Å²) in [7, 11) is 0. The fraction of sp³-hybridized carbons (Fsp3) is 0.167. The van der Waals surface area contributed by atoms with Gasteiger partial charge in [0.1, 0.15) is 0 Å². The zero-order chi connectivity index (χ0) is 21.7. The van der Waals surface area contributed by atoms with E-state index < -0.39 is 0 Å². The predicted molar refractivity (Wildman–Crippen MR) is 126 cm³/mol. The first-order valence-corrected chi connectivity index (χ1v) is 10.8. The minimum Gasteiger partial charge on any atom is -0.325 e. The number of benzene rings is 3. The van der Waals surface area contributed by atoms with Crippen molar-refractivity contribution in [3.05, 3.63) is 88.4 Å². The number of anilines is 2. The van der Waals surface area contributed by atoms with Crippen LogP contribution in [0, 0.1) is 13.8 Å². The van der Waals surface area contributed by atoms with Gasteiger partial charge in [-0.15, -0.1) is 11.8 Å². The fourth-order valence-corrected chi connectivity index (χ4v) is 3.79. The van der Waals surface area contributed by atoms with Crippen LogP contribution in [-0.2, 0) is 4.79 Å². The molecule has 0 aliphatic heterocycles. The van der Waals surface area contributed by atoms with Crippen molar-refractivity contribution in [2.75, 3.05) is 10.6 Å². The molecule has 1 unspecified atom stereocenters. The third-order valence-corrected chi connectivity index (χ3v) is 5.91. The molecule has 0 saturated heterocycles. The van der Waals surface area contributed by atoms with Crippen LogP contribution in [0.5, 0.6) is 0 Å². The summed E-state index contributed by atoms with van der Waals surface area (Å²) in [6.45, 7) is 5.76. The highest BCUT2D eigenvalue weighted by Crippen LogP contribution is 2.27. The van der Waals surface area contributed by atoms with Crippen LogP contribution in [-0.4, -0.2) is 17.1 Å². The van der Waals surface area contributed by atoms with Crippen LogP contribution in [0.2, 0.25) is 5.02 Å². The highest BCUT2D eigenvalue weighted by molar-refractivity contribution is 8.00. The van der Waals surface area contributed by atoms with Gasteiger partial charge in [-0.25, -0.2) is 0 Å². The van der Waals surface area contributed by atoms with Crippen molar-refractivity contribution in [3.8, 4) is 0 Å². The predicted octanol–water partition coefficient (Wildman–Crippen LogP) is 6.33. The maximum absolute atomic E-state index is 12.5. The van der Waals surface area contributed by atoms with E-state index in [2.05, 4.69) is 10.6 Å². The van der Waals surface area contributed by atoms with E-state index >= 15 is 0 Å². The molecule has 0 spiro atoms. The lowest BCUT2D eigenvalue weighted by Crippen LogP contribution is -2.22. The minimum absolute atomic E-state index is 0.0953. The Labute approximate surface area is 186 Å². The Morgan fingerprint density at radius 1 is 0.900 bits per heavy atom. The molecule has 2 amide bonds. The number of nitrogens with one attached hydrogen (secondary N) is 2. The summed E-state index contributed by atoms with van der Waals surface area (Å²) >= 11 is 7.47. The SMILES string of the molecule is Cc1ccc(C(=O)Nc2ccc(SC(C)C(=O)Nc3cc(Cl)ccc3C)cc2)cc1. The molecule has 154 valence electrons. The van der Waals surface area contributed by atoms with E-state index in [4.69, 9.17) is 11.6 Å². The largest absolute Gasteiger partial charge is 0.325 e. The fourth-order valence-electron chi connectivity index (χ4n) is 2.75. The third kappa shape index (κ3) is 5.88. The van der Waals surface area contributed by atoms with Gasteiger partial charge >= 0.3 is 0 Å². The van der Waals surface area contributed by atoms with E-state index in [0.717, 1.165) is 16.0 Å². The molecular weight excluding hydrogens is 416 g/mol. The molecule has 0 fully saturated rings. The standard InChI is InChI=1S/C24H23ClN2O2S/c1-15-4-7-18(8-5-15)24(29)26-20-10-12-21(13-11-20)30-17(3)23(28)27-22-14-19(25)9-6-16(22)2/h4-14,17H,1-3H3,(H,26,29)(H,27,28). The van der Waals surface area contributed by atoms with Gasteiger partial charge in [0.2, 0.25) is 5.91 Å². The number of carbonyl (C=O) groups excluding carboxylic acids is 2. The number of hydrogen-bond acceptors (Lipinski definition) is 3. The smallest absolute Gasteiger partial charge is 0.255 e. The van der Waals surface area contributed by atoms with Crippen LogP contribution in [0.1, 0.15) is 28.4 Å². The molecule has 0 bridgehead atoms. The first-order chi connectivity index (χ1) is 14.3. The second kappa shape index (κ2) is 9.83. The van der Waals surface area contributed by atoms with E-state index in [-0.39, 0.29) is 17.1 Å². The van der Waals surface area contributed by atoms with Crippen LogP contribution in [0.15, 0.2) is 71.6 Å². The topological polar surface area (TPSA) is 58.2 Å². The molecule has 4 nitrogen and oxygen atoms in total. The van der Waals surface area contributed by atoms with Crippen molar-refractivity contribution in [1.29, 1.82) is 0 Å². The molecule has 0 aliphatic rings. The second-order valence-corrected chi connectivity index (χ2v) is 8.90. The summed E-state index contributed by atoms with van der Waals surface area (Å²) in [6.07, 6.45) is 0. The molecular formula is C24H23ClN2O2S. The lowest BCUT2D eigenvalue weighted by Gasteiger charge is -2.14. The van der Waals surface area contributed by atoms with Gasteiger partial charge < -0.3 is 10.6 Å². The summed E-state index contributed by atoms with van der Waals surface area (Å²) in [4.78, 5) is 25.8. The Balaban J connectivity index is 1.58. The van der Waals surface area contributed by atoms with Crippen molar-refractivity contribution in [2.45, 2.75) is 30.9 Å². The molecule has 0 radical (unpaired) electrons. The number of aryl methyl sites for hydroxylation is 2. The monoisotopic (exact) mass is 438 g/mol. The molecule has 0 aromatic heterocycles. The van der Waals surface area contributed by atoms with Gasteiger partial charge in [-0.1, -0.05) is 35.4 Å². The number of carbonyl (C=O) groups is 2. The number of rotatable bonds is 6. The summed E-state index contributed by atoms with van der Waals surface area (Å²) in [6, 6.07) is 20.3. The molecule has 0 saturated carbocycles. The quantitative estimate of drug-likeness (QED) is 0.442. The molecule has 6 heteroatoms. The highest BCUT2D eigenvalue weighted by atomic mass is 35.5. The lowest BCUT2D eigenvalue weighted by atomic mass is 10.1. The molecule has 1 atom stereocenters. The zero-order valence-electron chi connectivity index (χ0n) is 17.0. The van der Waals surface area contributed by atoms with Gasteiger partial charge in [0, 0.05) is 26.9 Å². The Kier molecular flexibility index (Phi) is 7.19. The number of hydrogen-bond donors (Lipinski definition) is 2. The third-order valence-electron chi connectivity index (χ3n) is 4.57. The first-order valence-electron chi connectivity index (χ1n) is 9.53. The number of amides is 2. The molecule has 2 N–H and O–H groups in total. The van der Waals surface area contributed by atoms with Gasteiger partial charge in [-0.05, 0) is 74.9 Å². The Hall–Kier alpha value is -2.76. The minimum atomic E-state index is -0.295. The van der Waals surface area contributed by atoms with E-state index in [9.17, 15) is 9.59 Å². The van der Waals surface area contributed by atoms with Gasteiger partial charge in [-0.3, -0.25) is 9.59 Å². The summed E-state index contributed by atoms with van der Waals surface area (Å²) in [5, 5.41) is 6.10. The van der Waals surface area contributed by atoms with Crippen LogP contribution in [0.4, 0.5) is 11.4 Å². The highest BCUT2D eigenvalue weighted by Gasteiger charge is 2.16. The summed E-state index contributed by atoms with van der Waals surface area (Å²) < 4.78 is 0. The maximum atomic E-state index is 12.5. The van der Waals surface area contributed by atoms with E-state index in [1.54, 1.807) is 24.3 Å². The normalized spacial score (nSPS) is 11.6. The average Bonchev–Trinajstić information content (AvgIpc) is 2.72. The van der Waals surface area contributed by atoms with Crippen LogP contribution in [0.3, 0.4) is 0 Å². The lowest BCUT2D eigenvalue weighted by molar-refractivity contribution is -0.115. The number of thioether (sulfide) groups is 1. The Bertz CT molecular complexity index is 1050. The summed E-state index contributed by atoms with van der Waals surface area (Å²) in [5.74, 6) is -0.248. The molecule has 3 aromatic rings. The molecule has 3 rings (SSSR count). The Morgan fingerprint density at radius 2 is 1.57 bits per heavy atom. The van der Waals surface area contributed by atoms with Crippen molar-refractivity contribution < 1.29 is 9.59 Å². The average molecular weight is 439 g/mol. The van der Waals surface area contributed by atoms with Crippen LogP contribution < -0.4 is 10.6 Å². The first kappa shape index (κ1) is 21.9. The van der Waals surface area contributed by atoms with Gasteiger partial charge in [0.05, 0.1) is 5.25 Å². The molecule has 0 heterocycles. The van der Waals surface area contributed by atoms with E-state index in [0.29, 0.717) is 22.0 Å². The van der Waals surface area contributed by atoms with Crippen LogP contribution in [0.25, 0.3) is 0 Å². The number of halogens is 1. The molecule has 0 aliphatic carbocycles. The van der Waals surface area contributed by atoms with E-state index in [1.165, 1.54) is 11.8 Å². The zero-order valence-corrected chi connectivity index (χ0v) is 18.6. The summed E-state index contributed by atoms with van der Waals surface area (Å²) in [5.41, 5.74) is 4.10. The second-order valence-electron chi connectivity index (χ2n) is 7.05. The maximum Gasteiger partial charge on any atom is 0.255 e. The van der Waals surface area contributed by atoms with Crippen molar-refractivity contribution in [3.63, 3.8) is 0 Å². The van der Waals surface area contributed by atoms with Crippen molar-refractivity contribution in [1.82, 2.24) is 0 Å². The molecule has 30 heavy (non-hydrogen) atoms.